The number of imide groups is 1. The van der Waals surface area contributed by atoms with E-state index in [1.54, 1.807) is 30.8 Å². The van der Waals surface area contributed by atoms with E-state index in [1.807, 2.05) is 25.2 Å². The van der Waals surface area contributed by atoms with Crippen molar-refractivity contribution in [3.05, 3.63) is 106 Å². The lowest BCUT2D eigenvalue weighted by molar-refractivity contribution is -0.120. The van der Waals surface area contributed by atoms with Crippen LogP contribution in [0.1, 0.15) is 72.5 Å². The van der Waals surface area contributed by atoms with E-state index >= 15 is 4.39 Å². The Morgan fingerprint density at radius 1 is 0.929 bits per heavy atom. The average Bonchev–Trinajstić information content (AvgIpc) is 3.51. The standard InChI is InChI=1S/C41H39F4N9O2/c1-22(28-5-4-6-30(37(28)43)38(44)45)47-39-31-19-34(46-20-32(31)23(2)49-50-39)26-8-10-33(42)27(17-26)21-53-14-11-24(12-15-53)25-7-9-29-35(18-25)52(3)51-40(29)54-16-13-36(55)48-41(54)56/h4-10,17-20,22,24,38H,11-16,21H2,1-3H3,(H,47,50)(H,48,55,56)/t22-/m1/s1. The molecule has 3 aromatic carbocycles. The topological polar surface area (TPSA) is 121 Å². The first-order chi connectivity index (χ1) is 26.9. The highest BCUT2D eigenvalue weighted by atomic mass is 19.3. The summed E-state index contributed by atoms with van der Waals surface area (Å²) in [6.07, 6.45) is 0.711. The molecule has 2 saturated heterocycles. The van der Waals surface area contributed by atoms with Crippen molar-refractivity contribution in [3.8, 4) is 11.3 Å². The van der Waals surface area contributed by atoms with Crippen molar-refractivity contribution < 1.29 is 27.2 Å². The number of hydrogen-bond donors (Lipinski definition) is 2. The molecule has 15 heteroatoms. The summed E-state index contributed by atoms with van der Waals surface area (Å²) >= 11 is 0. The highest BCUT2D eigenvalue weighted by Gasteiger charge is 2.29. The number of rotatable bonds is 9. The van der Waals surface area contributed by atoms with E-state index in [9.17, 15) is 22.8 Å². The Morgan fingerprint density at radius 2 is 1.71 bits per heavy atom. The number of fused-ring (bicyclic) bond motifs is 2. The quantitative estimate of drug-likeness (QED) is 0.142. The van der Waals surface area contributed by atoms with E-state index in [-0.39, 0.29) is 30.3 Å². The van der Waals surface area contributed by atoms with Crippen LogP contribution in [0.2, 0.25) is 0 Å². The second kappa shape index (κ2) is 14.9. The number of halogens is 4. The van der Waals surface area contributed by atoms with Gasteiger partial charge >= 0.3 is 6.03 Å². The molecule has 0 saturated carbocycles. The average molecular weight is 766 g/mol. The maximum absolute atomic E-state index is 15.3. The van der Waals surface area contributed by atoms with Crippen LogP contribution in [-0.4, -0.2) is 61.4 Å². The Morgan fingerprint density at radius 3 is 2.48 bits per heavy atom. The minimum absolute atomic E-state index is 0.0771. The second-order valence-corrected chi connectivity index (χ2v) is 14.5. The molecule has 2 N–H and O–H groups in total. The molecule has 0 bridgehead atoms. The van der Waals surface area contributed by atoms with Crippen LogP contribution in [0.15, 0.2) is 66.9 Å². The van der Waals surface area contributed by atoms with E-state index in [0.29, 0.717) is 57.4 Å². The normalized spacial score (nSPS) is 16.2. The Kier molecular flexibility index (Phi) is 9.87. The zero-order valence-corrected chi connectivity index (χ0v) is 31.0. The summed E-state index contributed by atoms with van der Waals surface area (Å²) in [6.45, 7) is 5.69. The molecule has 0 aliphatic carbocycles. The lowest BCUT2D eigenvalue weighted by Crippen LogP contribution is -2.49. The van der Waals surface area contributed by atoms with Crippen LogP contribution < -0.4 is 15.5 Å². The number of alkyl halides is 2. The Hall–Kier alpha value is -5.96. The number of likely N-dealkylation sites (tertiary alicyclic amines) is 1. The molecule has 1 atom stereocenters. The first-order valence-corrected chi connectivity index (χ1v) is 18.5. The molecule has 6 aromatic rings. The van der Waals surface area contributed by atoms with Gasteiger partial charge in [0.25, 0.3) is 6.43 Å². The molecular weight excluding hydrogens is 727 g/mol. The van der Waals surface area contributed by atoms with Crippen molar-refractivity contribution in [1.29, 1.82) is 0 Å². The molecule has 3 amide bonds. The summed E-state index contributed by atoms with van der Waals surface area (Å²) in [6, 6.07) is 15.7. The number of hydrogen-bond acceptors (Lipinski definition) is 8. The highest BCUT2D eigenvalue weighted by Crippen LogP contribution is 2.36. The number of urea groups is 1. The van der Waals surface area contributed by atoms with Gasteiger partial charge in [-0.05, 0) is 87.7 Å². The summed E-state index contributed by atoms with van der Waals surface area (Å²) < 4.78 is 58.9. The summed E-state index contributed by atoms with van der Waals surface area (Å²) in [5.41, 5.74) is 3.95. The van der Waals surface area contributed by atoms with Crippen LogP contribution in [0, 0.1) is 18.6 Å². The molecule has 0 unspecified atom stereocenters. The zero-order chi connectivity index (χ0) is 39.2. The molecule has 5 heterocycles. The number of aryl methyl sites for hydroxylation is 2. The van der Waals surface area contributed by atoms with E-state index in [2.05, 4.69) is 47.9 Å². The van der Waals surface area contributed by atoms with Gasteiger partial charge in [0, 0.05) is 65.6 Å². The summed E-state index contributed by atoms with van der Waals surface area (Å²) in [5.74, 6) is -0.414. The number of nitrogens with one attached hydrogen (secondary N) is 2. The Labute approximate surface area is 319 Å². The van der Waals surface area contributed by atoms with Crippen LogP contribution in [0.4, 0.5) is 34.0 Å². The molecule has 2 aliphatic rings. The Balaban J connectivity index is 0.973. The first-order valence-electron chi connectivity index (χ1n) is 18.5. The Bertz CT molecular complexity index is 2500. The fourth-order valence-electron chi connectivity index (χ4n) is 7.79. The van der Waals surface area contributed by atoms with Crippen molar-refractivity contribution in [2.45, 2.75) is 58.0 Å². The molecule has 3 aromatic heterocycles. The minimum atomic E-state index is -2.94. The van der Waals surface area contributed by atoms with Gasteiger partial charge in [-0.3, -0.25) is 29.6 Å². The van der Waals surface area contributed by atoms with Gasteiger partial charge in [-0.2, -0.15) is 10.2 Å². The zero-order valence-electron chi connectivity index (χ0n) is 31.0. The summed E-state index contributed by atoms with van der Waals surface area (Å²) in [4.78, 5) is 32.6. The molecule has 288 valence electrons. The van der Waals surface area contributed by atoms with Crippen molar-refractivity contribution in [2.24, 2.45) is 7.05 Å². The number of nitrogens with zero attached hydrogens (tertiary/aromatic N) is 7. The van der Waals surface area contributed by atoms with Gasteiger partial charge in [0.1, 0.15) is 11.6 Å². The minimum Gasteiger partial charge on any atom is -0.361 e. The fraction of sp³-hybridized carbons (Fsp3) is 0.317. The van der Waals surface area contributed by atoms with Crippen LogP contribution in [0.5, 0.6) is 0 Å². The SMILES string of the molecule is Cc1nnc(N[C@H](C)c2cccc(C(F)F)c2F)c2cc(-c3ccc(F)c(CN4CCC(c5ccc6c(N7CCC(=O)NC7=O)nn(C)c6c5)CC4)c3)ncc12. The van der Waals surface area contributed by atoms with E-state index in [0.717, 1.165) is 42.9 Å². The second-order valence-electron chi connectivity index (χ2n) is 14.5. The third kappa shape index (κ3) is 7.02. The van der Waals surface area contributed by atoms with E-state index in [4.69, 9.17) is 0 Å². The van der Waals surface area contributed by atoms with Crippen molar-refractivity contribution in [2.75, 3.05) is 29.9 Å². The largest absolute Gasteiger partial charge is 0.361 e. The third-order valence-corrected chi connectivity index (χ3v) is 10.9. The smallest absolute Gasteiger partial charge is 0.329 e. The maximum Gasteiger partial charge on any atom is 0.329 e. The molecule has 0 radical (unpaired) electrons. The van der Waals surface area contributed by atoms with Crippen LogP contribution in [0.25, 0.3) is 32.9 Å². The van der Waals surface area contributed by atoms with Gasteiger partial charge in [-0.15, -0.1) is 5.10 Å². The molecule has 0 spiro atoms. The van der Waals surface area contributed by atoms with Crippen LogP contribution in [0.3, 0.4) is 0 Å². The highest BCUT2D eigenvalue weighted by molar-refractivity contribution is 6.08. The van der Waals surface area contributed by atoms with Crippen molar-refractivity contribution in [3.63, 3.8) is 0 Å². The van der Waals surface area contributed by atoms with Crippen molar-refractivity contribution >= 4 is 45.2 Å². The lowest BCUT2D eigenvalue weighted by Gasteiger charge is -2.32. The van der Waals surface area contributed by atoms with Crippen molar-refractivity contribution in [1.82, 2.24) is 35.2 Å². The number of pyridine rings is 1. The third-order valence-electron chi connectivity index (χ3n) is 10.9. The lowest BCUT2D eigenvalue weighted by atomic mass is 9.88. The molecule has 8 rings (SSSR count). The molecule has 56 heavy (non-hydrogen) atoms. The van der Waals surface area contributed by atoms with Gasteiger partial charge in [-0.25, -0.2) is 22.4 Å². The predicted octanol–water partition coefficient (Wildman–Crippen LogP) is 8.10. The van der Waals surface area contributed by atoms with Crippen LogP contribution >= 0.6 is 0 Å². The number of carbonyl (C=O) groups excluding carboxylic acids is 2. The number of anilines is 2. The summed E-state index contributed by atoms with van der Waals surface area (Å²) in [7, 11) is 1.84. The maximum atomic E-state index is 15.3. The fourth-order valence-corrected chi connectivity index (χ4v) is 7.79. The monoisotopic (exact) mass is 765 g/mol. The number of amides is 3. The molecule has 2 aliphatic heterocycles. The number of aromatic nitrogens is 5. The van der Waals surface area contributed by atoms with Gasteiger partial charge in [0.05, 0.1) is 28.5 Å². The molecular formula is C41H39F4N9O2. The van der Waals surface area contributed by atoms with Gasteiger partial charge < -0.3 is 5.32 Å². The first kappa shape index (κ1) is 37.0. The molecule has 11 nitrogen and oxygen atoms in total. The van der Waals surface area contributed by atoms with Gasteiger partial charge in [0.2, 0.25) is 5.91 Å². The van der Waals surface area contributed by atoms with Gasteiger partial charge in [0.15, 0.2) is 11.6 Å². The number of piperidine rings is 1. The number of benzene rings is 3. The molecule has 2 fully saturated rings. The van der Waals surface area contributed by atoms with E-state index in [1.165, 1.54) is 28.7 Å². The summed E-state index contributed by atoms with van der Waals surface area (Å²) in [5, 5.41) is 20.9. The number of carbonyl (C=O) groups is 2. The predicted molar refractivity (Wildman–Crippen MR) is 204 cm³/mol. The van der Waals surface area contributed by atoms with Gasteiger partial charge in [-0.1, -0.05) is 24.3 Å². The van der Waals surface area contributed by atoms with E-state index < -0.39 is 29.9 Å². The van der Waals surface area contributed by atoms with Crippen LogP contribution in [-0.2, 0) is 18.4 Å².